The summed E-state index contributed by atoms with van der Waals surface area (Å²) in [5.74, 6) is 0. The van der Waals surface area contributed by atoms with E-state index in [4.69, 9.17) is 4.74 Å². The molecule has 0 radical (unpaired) electrons. The molecule has 0 amide bonds. The number of ether oxygens (including phenoxy) is 1. The quantitative estimate of drug-likeness (QED) is 0.715. The maximum atomic E-state index is 5.38. The van der Waals surface area contributed by atoms with Gasteiger partial charge in [0.25, 0.3) is 0 Å². The van der Waals surface area contributed by atoms with Crippen LogP contribution in [0.2, 0.25) is 0 Å². The van der Waals surface area contributed by atoms with Crippen LogP contribution < -0.4 is 0 Å². The van der Waals surface area contributed by atoms with Gasteiger partial charge in [0.15, 0.2) is 0 Å². The first kappa shape index (κ1) is 10.2. The molecule has 0 aromatic heterocycles. The molecule has 2 aromatic rings. The highest BCUT2D eigenvalue weighted by atomic mass is 16.5. The van der Waals surface area contributed by atoms with Crippen LogP contribution in [-0.2, 0) is 4.74 Å². The number of fused-ring (bicyclic) bond motifs is 1. The molecule has 0 bridgehead atoms. The lowest BCUT2D eigenvalue weighted by Gasteiger charge is -2.14. The van der Waals surface area contributed by atoms with E-state index in [0.29, 0.717) is 0 Å². The van der Waals surface area contributed by atoms with Gasteiger partial charge in [0.05, 0.1) is 6.10 Å². The molecule has 0 aliphatic rings. The lowest BCUT2D eigenvalue weighted by molar-refractivity contribution is 0.121. The summed E-state index contributed by atoms with van der Waals surface area (Å²) >= 11 is 0. The Balaban J connectivity index is 2.71. The third-order valence-electron chi connectivity index (χ3n) is 2.97. The number of benzene rings is 2. The van der Waals surface area contributed by atoms with Gasteiger partial charge in [0, 0.05) is 7.11 Å². The molecule has 0 fully saturated rings. The second-order valence-corrected chi connectivity index (χ2v) is 3.90. The van der Waals surface area contributed by atoms with Gasteiger partial charge < -0.3 is 4.74 Å². The van der Waals surface area contributed by atoms with Crippen molar-refractivity contribution in [2.24, 2.45) is 0 Å². The van der Waals surface area contributed by atoms with Crippen LogP contribution in [0.15, 0.2) is 36.4 Å². The van der Waals surface area contributed by atoms with Crippen LogP contribution in [-0.4, -0.2) is 7.11 Å². The van der Waals surface area contributed by atoms with E-state index in [1.807, 2.05) is 0 Å². The predicted octanol–water partition coefficient (Wildman–Crippen LogP) is 3.86. The maximum absolute atomic E-state index is 5.38. The summed E-state index contributed by atoms with van der Waals surface area (Å²) < 4.78 is 5.38. The molecule has 0 aliphatic carbocycles. The molecule has 1 atom stereocenters. The predicted molar refractivity (Wildman–Crippen MR) is 64.1 cm³/mol. The Kier molecular flexibility index (Phi) is 2.74. The van der Waals surface area contributed by atoms with Crippen molar-refractivity contribution in [1.82, 2.24) is 0 Å². The Morgan fingerprint density at radius 3 is 2.33 bits per heavy atom. The summed E-state index contributed by atoms with van der Waals surface area (Å²) in [6, 6.07) is 12.8. The second kappa shape index (κ2) is 4.03. The van der Waals surface area contributed by atoms with Gasteiger partial charge in [-0.1, -0.05) is 36.4 Å². The van der Waals surface area contributed by atoms with E-state index in [1.165, 1.54) is 21.9 Å². The van der Waals surface area contributed by atoms with Crippen molar-refractivity contribution in [3.05, 3.63) is 47.5 Å². The van der Waals surface area contributed by atoms with Crippen LogP contribution in [0.1, 0.15) is 24.2 Å². The van der Waals surface area contributed by atoms with E-state index in [0.717, 1.165) is 0 Å². The topological polar surface area (TPSA) is 9.23 Å². The average Bonchev–Trinajstić information content (AvgIpc) is 2.29. The standard InChI is InChI=1S/C14H16O/c1-10-8-9-13(11(2)15-3)14-7-5-4-6-12(10)14/h4-9,11H,1-3H3. The number of aryl methyl sites for hydroxylation is 1. The van der Waals surface area contributed by atoms with Gasteiger partial charge in [-0.15, -0.1) is 0 Å². The monoisotopic (exact) mass is 200 g/mol. The first-order chi connectivity index (χ1) is 7.24. The Morgan fingerprint density at radius 2 is 1.67 bits per heavy atom. The Bertz CT molecular complexity index is 474. The van der Waals surface area contributed by atoms with Crippen molar-refractivity contribution in [2.75, 3.05) is 7.11 Å². The lowest BCUT2D eigenvalue weighted by Crippen LogP contribution is -1.97. The fourth-order valence-electron chi connectivity index (χ4n) is 1.95. The lowest BCUT2D eigenvalue weighted by atomic mass is 9.98. The first-order valence-corrected chi connectivity index (χ1v) is 5.25. The maximum Gasteiger partial charge on any atom is 0.0799 e. The van der Waals surface area contributed by atoms with Crippen LogP contribution in [0.3, 0.4) is 0 Å². The third kappa shape index (κ3) is 1.75. The minimum Gasteiger partial charge on any atom is -0.377 e. The van der Waals surface area contributed by atoms with Crippen molar-refractivity contribution >= 4 is 10.8 Å². The molecule has 0 saturated carbocycles. The highest BCUT2D eigenvalue weighted by Gasteiger charge is 2.08. The summed E-state index contributed by atoms with van der Waals surface area (Å²) in [6.07, 6.45) is 0.149. The summed E-state index contributed by atoms with van der Waals surface area (Å²) in [6.45, 7) is 4.22. The van der Waals surface area contributed by atoms with Gasteiger partial charge >= 0.3 is 0 Å². The number of rotatable bonds is 2. The van der Waals surface area contributed by atoms with Gasteiger partial charge in [-0.05, 0) is 35.7 Å². The SMILES string of the molecule is COC(C)c1ccc(C)c2ccccc12. The largest absolute Gasteiger partial charge is 0.377 e. The van der Waals surface area contributed by atoms with Crippen LogP contribution in [0.4, 0.5) is 0 Å². The zero-order valence-electron chi connectivity index (χ0n) is 9.45. The molecule has 2 rings (SSSR count). The molecule has 1 nitrogen and oxygen atoms in total. The normalized spacial score (nSPS) is 13.0. The molecule has 15 heavy (non-hydrogen) atoms. The third-order valence-corrected chi connectivity index (χ3v) is 2.97. The molecule has 1 unspecified atom stereocenters. The highest BCUT2D eigenvalue weighted by molar-refractivity contribution is 5.88. The van der Waals surface area contributed by atoms with E-state index >= 15 is 0 Å². The molecular formula is C14H16O. The first-order valence-electron chi connectivity index (χ1n) is 5.25. The van der Waals surface area contributed by atoms with Gasteiger partial charge in [-0.3, -0.25) is 0 Å². The van der Waals surface area contributed by atoms with Crippen LogP contribution in [0.25, 0.3) is 10.8 Å². The molecule has 0 aliphatic heterocycles. The van der Waals surface area contributed by atoms with Crippen molar-refractivity contribution in [3.8, 4) is 0 Å². The summed E-state index contributed by atoms with van der Waals surface area (Å²) in [5, 5.41) is 2.62. The molecule has 78 valence electrons. The van der Waals surface area contributed by atoms with Gasteiger partial charge in [-0.25, -0.2) is 0 Å². The van der Waals surface area contributed by atoms with E-state index in [9.17, 15) is 0 Å². The van der Waals surface area contributed by atoms with E-state index in [1.54, 1.807) is 7.11 Å². The average molecular weight is 200 g/mol. The Labute approximate surface area is 90.7 Å². The fraction of sp³-hybridized carbons (Fsp3) is 0.286. The molecule has 0 spiro atoms. The van der Waals surface area contributed by atoms with Crippen molar-refractivity contribution in [2.45, 2.75) is 20.0 Å². The molecule has 0 saturated heterocycles. The van der Waals surface area contributed by atoms with Crippen LogP contribution >= 0.6 is 0 Å². The highest BCUT2D eigenvalue weighted by Crippen LogP contribution is 2.27. The summed E-state index contributed by atoms with van der Waals surface area (Å²) in [4.78, 5) is 0. The van der Waals surface area contributed by atoms with Crippen molar-refractivity contribution in [1.29, 1.82) is 0 Å². The van der Waals surface area contributed by atoms with Crippen molar-refractivity contribution < 1.29 is 4.74 Å². The summed E-state index contributed by atoms with van der Waals surface area (Å²) in [5.41, 5.74) is 2.58. The number of methoxy groups -OCH3 is 1. The zero-order chi connectivity index (χ0) is 10.8. The zero-order valence-corrected chi connectivity index (χ0v) is 9.45. The van der Waals surface area contributed by atoms with Gasteiger partial charge in [-0.2, -0.15) is 0 Å². The minimum atomic E-state index is 0.149. The van der Waals surface area contributed by atoms with Crippen LogP contribution in [0, 0.1) is 6.92 Å². The van der Waals surface area contributed by atoms with E-state index in [2.05, 4.69) is 50.2 Å². The van der Waals surface area contributed by atoms with E-state index in [-0.39, 0.29) is 6.10 Å². The van der Waals surface area contributed by atoms with Crippen molar-refractivity contribution in [3.63, 3.8) is 0 Å². The van der Waals surface area contributed by atoms with Gasteiger partial charge in [0.2, 0.25) is 0 Å². The molecule has 0 N–H and O–H groups in total. The van der Waals surface area contributed by atoms with Gasteiger partial charge in [0.1, 0.15) is 0 Å². The fourth-order valence-corrected chi connectivity index (χ4v) is 1.95. The Hall–Kier alpha value is -1.34. The summed E-state index contributed by atoms with van der Waals surface area (Å²) in [7, 11) is 1.75. The Morgan fingerprint density at radius 1 is 1.00 bits per heavy atom. The number of hydrogen-bond donors (Lipinski definition) is 0. The second-order valence-electron chi connectivity index (χ2n) is 3.90. The molecule has 2 aromatic carbocycles. The minimum absolute atomic E-state index is 0.149. The van der Waals surface area contributed by atoms with E-state index < -0.39 is 0 Å². The smallest absolute Gasteiger partial charge is 0.0799 e. The molecular weight excluding hydrogens is 184 g/mol. The molecule has 0 heterocycles. The molecule has 1 heteroatoms. The van der Waals surface area contributed by atoms with Crippen LogP contribution in [0.5, 0.6) is 0 Å². The number of hydrogen-bond acceptors (Lipinski definition) is 1.